The molecule has 2 N–H and O–H groups in total. The number of halogens is 1. The summed E-state index contributed by atoms with van der Waals surface area (Å²) in [6.45, 7) is 13.9. The summed E-state index contributed by atoms with van der Waals surface area (Å²) >= 11 is 0. The van der Waals surface area contributed by atoms with Crippen LogP contribution in [0.25, 0.3) is 0 Å². The van der Waals surface area contributed by atoms with Crippen molar-refractivity contribution in [1.82, 2.24) is 20.7 Å². The van der Waals surface area contributed by atoms with Gasteiger partial charge >= 0.3 is 0 Å². The molecular formula is C17H34IN5O. The molecule has 0 aromatic carbocycles. The molecule has 7 heteroatoms. The van der Waals surface area contributed by atoms with Crippen LogP contribution in [0.3, 0.4) is 0 Å². The van der Waals surface area contributed by atoms with Gasteiger partial charge in [0.1, 0.15) is 6.54 Å². The van der Waals surface area contributed by atoms with E-state index in [0.29, 0.717) is 12.5 Å². The zero-order chi connectivity index (χ0) is 17.5. The summed E-state index contributed by atoms with van der Waals surface area (Å²) < 4.78 is 5.33. The molecule has 0 spiro atoms. The van der Waals surface area contributed by atoms with Crippen LogP contribution in [0, 0.1) is 5.41 Å². The highest BCUT2D eigenvalue weighted by molar-refractivity contribution is 14.0. The first-order valence-electron chi connectivity index (χ1n) is 8.36. The smallest absolute Gasteiger partial charge is 0.191 e. The fraction of sp³-hybridized carbons (Fsp3) is 0.765. The van der Waals surface area contributed by atoms with Crippen molar-refractivity contribution in [2.75, 3.05) is 33.7 Å². The van der Waals surface area contributed by atoms with Crippen LogP contribution >= 0.6 is 24.0 Å². The minimum absolute atomic E-state index is 0. The van der Waals surface area contributed by atoms with Crippen molar-refractivity contribution in [1.29, 1.82) is 0 Å². The second kappa shape index (κ2) is 10.9. The Hall–Kier alpha value is -0.830. The first-order valence-corrected chi connectivity index (χ1v) is 8.36. The number of guanidine groups is 1. The summed E-state index contributed by atoms with van der Waals surface area (Å²) in [4.78, 5) is 6.79. The average molecular weight is 451 g/mol. The zero-order valence-corrected chi connectivity index (χ0v) is 18.5. The van der Waals surface area contributed by atoms with Crippen molar-refractivity contribution in [3.8, 4) is 0 Å². The van der Waals surface area contributed by atoms with Crippen LogP contribution in [-0.4, -0.2) is 49.7 Å². The van der Waals surface area contributed by atoms with Gasteiger partial charge in [-0.1, -0.05) is 32.9 Å². The Kier molecular flexibility index (Phi) is 10.5. The number of hydrogen-bond acceptors (Lipinski definition) is 4. The van der Waals surface area contributed by atoms with E-state index in [0.717, 1.165) is 37.0 Å². The van der Waals surface area contributed by atoms with Crippen LogP contribution in [0.1, 0.15) is 52.0 Å². The Morgan fingerprint density at radius 1 is 1.33 bits per heavy atom. The Labute approximate surface area is 163 Å². The quantitative estimate of drug-likeness (QED) is 0.361. The van der Waals surface area contributed by atoms with E-state index in [1.54, 1.807) is 0 Å². The summed E-state index contributed by atoms with van der Waals surface area (Å²) in [5.74, 6) is 1.97. The SMILES string of the molecule is CCNC(=NCc1cc(C(C)C)no1)NCC(C)(C)CN(C)C.I. The molecule has 0 amide bonds. The third-order valence-corrected chi connectivity index (χ3v) is 3.38. The lowest BCUT2D eigenvalue weighted by molar-refractivity contribution is 0.241. The molecule has 0 saturated heterocycles. The maximum atomic E-state index is 5.33. The molecule has 140 valence electrons. The summed E-state index contributed by atoms with van der Waals surface area (Å²) in [6.07, 6.45) is 0. The molecule has 0 bridgehead atoms. The van der Waals surface area contributed by atoms with Gasteiger partial charge in [-0.25, -0.2) is 4.99 Å². The molecule has 1 aromatic heterocycles. The molecule has 0 aliphatic heterocycles. The molecule has 0 fully saturated rings. The van der Waals surface area contributed by atoms with Gasteiger partial charge in [-0.05, 0) is 32.4 Å². The highest BCUT2D eigenvalue weighted by Gasteiger charge is 2.19. The highest BCUT2D eigenvalue weighted by Crippen LogP contribution is 2.15. The van der Waals surface area contributed by atoms with E-state index in [1.807, 2.05) is 6.07 Å². The summed E-state index contributed by atoms with van der Waals surface area (Å²) in [5, 5.41) is 10.8. The highest BCUT2D eigenvalue weighted by atomic mass is 127. The molecule has 1 aromatic rings. The predicted octanol–water partition coefficient (Wildman–Crippen LogP) is 3.06. The molecule has 0 radical (unpaired) electrons. The summed E-state index contributed by atoms with van der Waals surface area (Å²) in [5.41, 5.74) is 1.14. The van der Waals surface area contributed by atoms with Gasteiger partial charge in [-0.2, -0.15) is 0 Å². The van der Waals surface area contributed by atoms with Gasteiger partial charge in [-0.3, -0.25) is 0 Å². The normalized spacial score (nSPS) is 12.5. The van der Waals surface area contributed by atoms with Crippen molar-refractivity contribution in [3.63, 3.8) is 0 Å². The molecule has 0 unspecified atom stereocenters. The van der Waals surface area contributed by atoms with Gasteiger partial charge in [0.2, 0.25) is 0 Å². The van der Waals surface area contributed by atoms with Gasteiger partial charge < -0.3 is 20.1 Å². The van der Waals surface area contributed by atoms with E-state index in [9.17, 15) is 0 Å². The third-order valence-electron chi connectivity index (χ3n) is 3.38. The van der Waals surface area contributed by atoms with E-state index in [-0.39, 0.29) is 29.4 Å². The largest absolute Gasteiger partial charge is 0.359 e. The first kappa shape index (κ1) is 23.2. The van der Waals surface area contributed by atoms with Crippen LogP contribution in [-0.2, 0) is 6.54 Å². The Morgan fingerprint density at radius 2 is 2.00 bits per heavy atom. The molecule has 0 atom stereocenters. The number of aliphatic imine (C=N–C) groups is 1. The maximum Gasteiger partial charge on any atom is 0.191 e. The van der Waals surface area contributed by atoms with Gasteiger partial charge in [0.15, 0.2) is 11.7 Å². The number of aromatic nitrogens is 1. The van der Waals surface area contributed by atoms with Crippen molar-refractivity contribution in [3.05, 3.63) is 17.5 Å². The van der Waals surface area contributed by atoms with E-state index in [4.69, 9.17) is 4.52 Å². The first-order chi connectivity index (χ1) is 10.7. The topological polar surface area (TPSA) is 65.7 Å². The Morgan fingerprint density at radius 3 is 2.50 bits per heavy atom. The Balaban J connectivity index is 0.00000529. The molecule has 1 heterocycles. The molecular weight excluding hydrogens is 417 g/mol. The lowest BCUT2D eigenvalue weighted by Gasteiger charge is -2.29. The second-order valence-electron chi connectivity index (χ2n) is 7.32. The number of nitrogens with zero attached hydrogens (tertiary/aromatic N) is 3. The summed E-state index contributed by atoms with van der Waals surface area (Å²) in [6, 6.07) is 1.98. The monoisotopic (exact) mass is 451 g/mol. The zero-order valence-electron chi connectivity index (χ0n) is 16.1. The molecule has 6 nitrogen and oxygen atoms in total. The molecule has 0 saturated carbocycles. The van der Waals surface area contributed by atoms with Crippen LogP contribution in [0.2, 0.25) is 0 Å². The van der Waals surface area contributed by atoms with E-state index in [1.165, 1.54) is 0 Å². The van der Waals surface area contributed by atoms with Crippen LogP contribution in [0.5, 0.6) is 0 Å². The number of hydrogen-bond donors (Lipinski definition) is 2. The average Bonchev–Trinajstić information content (AvgIpc) is 2.89. The van der Waals surface area contributed by atoms with Gasteiger partial charge in [0, 0.05) is 25.7 Å². The summed E-state index contributed by atoms with van der Waals surface area (Å²) in [7, 11) is 4.19. The fourth-order valence-corrected chi connectivity index (χ4v) is 2.41. The Bertz CT molecular complexity index is 497. The fourth-order valence-electron chi connectivity index (χ4n) is 2.41. The third kappa shape index (κ3) is 8.86. The molecule has 0 aliphatic rings. The minimum atomic E-state index is 0. The minimum Gasteiger partial charge on any atom is -0.359 e. The van der Waals surface area contributed by atoms with E-state index in [2.05, 4.69) is 74.4 Å². The van der Waals surface area contributed by atoms with Crippen molar-refractivity contribution >= 4 is 29.9 Å². The van der Waals surface area contributed by atoms with Crippen LogP contribution in [0.15, 0.2) is 15.6 Å². The van der Waals surface area contributed by atoms with Gasteiger partial charge in [-0.15, -0.1) is 24.0 Å². The van der Waals surface area contributed by atoms with Crippen molar-refractivity contribution in [2.45, 2.75) is 47.1 Å². The molecule has 0 aliphatic carbocycles. The lowest BCUT2D eigenvalue weighted by atomic mass is 9.93. The standard InChI is InChI=1S/C17H33N5O.HI/c1-8-18-16(20-11-17(4,5)12-22(6)7)19-10-14-9-15(13(2)3)21-23-14;/h9,13H,8,10-12H2,1-7H3,(H2,18,19,20);1H. The predicted molar refractivity (Wildman–Crippen MR) is 111 cm³/mol. The van der Waals surface area contributed by atoms with E-state index < -0.39 is 0 Å². The van der Waals surface area contributed by atoms with Crippen molar-refractivity contribution in [2.24, 2.45) is 10.4 Å². The van der Waals surface area contributed by atoms with Crippen molar-refractivity contribution < 1.29 is 4.52 Å². The van der Waals surface area contributed by atoms with Crippen LogP contribution < -0.4 is 10.6 Å². The van der Waals surface area contributed by atoms with Crippen LogP contribution in [0.4, 0.5) is 0 Å². The van der Waals surface area contributed by atoms with E-state index >= 15 is 0 Å². The molecule has 1 rings (SSSR count). The molecule has 24 heavy (non-hydrogen) atoms. The number of nitrogens with one attached hydrogen (secondary N) is 2. The lowest BCUT2D eigenvalue weighted by Crippen LogP contribution is -2.44. The second-order valence-corrected chi connectivity index (χ2v) is 7.32. The number of rotatable bonds is 8. The van der Waals surface area contributed by atoms with Gasteiger partial charge in [0.25, 0.3) is 0 Å². The van der Waals surface area contributed by atoms with Gasteiger partial charge in [0.05, 0.1) is 5.69 Å². The maximum absolute atomic E-state index is 5.33.